The van der Waals surface area contributed by atoms with Crippen LogP contribution in [0.2, 0.25) is 0 Å². The van der Waals surface area contributed by atoms with Crippen molar-refractivity contribution in [3.63, 3.8) is 0 Å². The second-order valence-electron chi connectivity index (χ2n) is 8.12. The topological polar surface area (TPSA) is 72.5 Å². The predicted octanol–water partition coefficient (Wildman–Crippen LogP) is 3.48. The number of aromatic nitrogens is 2. The average molecular weight is 406 g/mol. The van der Waals surface area contributed by atoms with Crippen molar-refractivity contribution >= 4 is 6.09 Å². The maximum Gasteiger partial charge on any atom is 0.408 e. The van der Waals surface area contributed by atoms with Gasteiger partial charge in [0.1, 0.15) is 17.1 Å². The monoisotopic (exact) mass is 406 g/mol. The summed E-state index contributed by atoms with van der Waals surface area (Å²) < 4.78 is 13.8. The van der Waals surface area contributed by atoms with Gasteiger partial charge in [-0.25, -0.2) is 9.18 Å². The largest absolute Gasteiger partial charge is 0.465 e. The van der Waals surface area contributed by atoms with Gasteiger partial charge in [-0.1, -0.05) is 36.4 Å². The van der Waals surface area contributed by atoms with Crippen molar-refractivity contribution in [3.8, 4) is 11.1 Å². The quantitative estimate of drug-likeness (QED) is 0.684. The zero-order valence-corrected chi connectivity index (χ0v) is 16.7. The van der Waals surface area contributed by atoms with Gasteiger partial charge in [0.2, 0.25) is 0 Å². The van der Waals surface area contributed by atoms with Gasteiger partial charge in [-0.15, -0.1) is 0 Å². The van der Waals surface area contributed by atoms with Gasteiger partial charge in [-0.3, -0.25) is 10.00 Å². The number of H-pyrrole nitrogens is 1. The highest BCUT2D eigenvalue weighted by molar-refractivity contribution is 5.78. The Kier molecular flexibility index (Phi) is 4.36. The van der Waals surface area contributed by atoms with Crippen molar-refractivity contribution in [2.45, 2.75) is 18.4 Å². The molecule has 0 radical (unpaired) electrons. The maximum absolute atomic E-state index is 13.8. The molecule has 0 bridgehead atoms. The molecule has 1 atom stereocenters. The van der Waals surface area contributed by atoms with Crippen molar-refractivity contribution < 1.29 is 14.3 Å². The molecule has 2 heterocycles. The SMILES string of the molecule is CN1CCN(C(=O)O)C(c2ccc(F)cc2)(c2n[nH]c3c2-c2ccccc2CC3)C1. The van der Waals surface area contributed by atoms with Crippen molar-refractivity contribution in [3.05, 3.63) is 76.9 Å². The molecule has 30 heavy (non-hydrogen) atoms. The highest BCUT2D eigenvalue weighted by atomic mass is 19.1. The Morgan fingerprint density at radius 1 is 1.13 bits per heavy atom. The molecule has 2 N–H and O–H groups in total. The number of aromatic amines is 1. The van der Waals surface area contributed by atoms with Gasteiger partial charge in [0.15, 0.2) is 0 Å². The number of amides is 1. The molecule has 1 aliphatic heterocycles. The molecule has 6 nitrogen and oxygen atoms in total. The molecule has 1 saturated heterocycles. The van der Waals surface area contributed by atoms with E-state index in [2.05, 4.69) is 22.1 Å². The molecule has 2 aromatic carbocycles. The number of nitrogens with one attached hydrogen (secondary N) is 1. The second kappa shape index (κ2) is 6.95. The fourth-order valence-electron chi connectivity index (χ4n) is 4.98. The summed E-state index contributed by atoms with van der Waals surface area (Å²) in [5, 5.41) is 18.1. The summed E-state index contributed by atoms with van der Waals surface area (Å²) in [6, 6.07) is 14.3. The fourth-order valence-corrected chi connectivity index (χ4v) is 4.98. The Labute approximate surface area is 173 Å². The van der Waals surface area contributed by atoms with Crippen LogP contribution in [0.25, 0.3) is 11.1 Å². The molecule has 3 aromatic rings. The molecule has 1 amide bonds. The number of hydrogen-bond donors (Lipinski definition) is 2. The number of rotatable bonds is 2. The van der Waals surface area contributed by atoms with E-state index in [0.717, 1.165) is 35.2 Å². The van der Waals surface area contributed by atoms with E-state index in [1.807, 2.05) is 19.2 Å². The van der Waals surface area contributed by atoms with Gasteiger partial charge in [-0.2, -0.15) is 5.10 Å². The molecule has 1 fully saturated rings. The zero-order chi connectivity index (χ0) is 20.9. The zero-order valence-electron chi connectivity index (χ0n) is 16.7. The molecule has 7 heteroatoms. The third-order valence-corrected chi connectivity index (χ3v) is 6.38. The fraction of sp³-hybridized carbons (Fsp3) is 0.304. The van der Waals surface area contributed by atoms with Crippen LogP contribution in [0, 0.1) is 5.82 Å². The van der Waals surface area contributed by atoms with E-state index < -0.39 is 11.6 Å². The first-order valence-corrected chi connectivity index (χ1v) is 10.1. The van der Waals surface area contributed by atoms with Crippen LogP contribution in [0.4, 0.5) is 9.18 Å². The summed E-state index contributed by atoms with van der Waals surface area (Å²) in [7, 11) is 1.98. The average Bonchev–Trinajstić information content (AvgIpc) is 3.19. The number of aryl methyl sites for hydroxylation is 2. The molecule has 154 valence electrons. The number of nitrogens with zero attached hydrogens (tertiary/aromatic N) is 3. The van der Waals surface area contributed by atoms with E-state index in [9.17, 15) is 14.3 Å². The minimum Gasteiger partial charge on any atom is -0.465 e. The lowest BCUT2D eigenvalue weighted by molar-refractivity contribution is 0.0333. The van der Waals surface area contributed by atoms with Crippen LogP contribution in [0.1, 0.15) is 22.5 Å². The van der Waals surface area contributed by atoms with Crippen molar-refractivity contribution in [1.82, 2.24) is 20.0 Å². The van der Waals surface area contributed by atoms with E-state index in [1.165, 1.54) is 22.6 Å². The number of benzene rings is 2. The minimum absolute atomic E-state index is 0.340. The summed E-state index contributed by atoms with van der Waals surface area (Å²) in [5.41, 5.74) is 4.67. The number of piperazine rings is 1. The van der Waals surface area contributed by atoms with Crippen LogP contribution in [0.15, 0.2) is 48.5 Å². The summed E-state index contributed by atoms with van der Waals surface area (Å²) in [6.07, 6.45) is 0.729. The van der Waals surface area contributed by atoms with Gasteiger partial charge in [0, 0.05) is 30.9 Å². The molecule has 0 spiro atoms. The summed E-state index contributed by atoms with van der Waals surface area (Å²) in [6.45, 7) is 1.40. The van der Waals surface area contributed by atoms with Gasteiger partial charge in [-0.05, 0) is 48.7 Å². The van der Waals surface area contributed by atoms with Gasteiger partial charge in [0.25, 0.3) is 0 Å². The van der Waals surface area contributed by atoms with Crippen LogP contribution >= 0.6 is 0 Å². The Hall–Kier alpha value is -3.19. The molecule has 1 unspecified atom stereocenters. The maximum atomic E-state index is 13.8. The lowest BCUT2D eigenvalue weighted by atomic mass is 9.77. The lowest BCUT2D eigenvalue weighted by Crippen LogP contribution is -2.61. The summed E-state index contributed by atoms with van der Waals surface area (Å²) >= 11 is 0. The Bertz CT molecular complexity index is 1110. The van der Waals surface area contributed by atoms with E-state index in [1.54, 1.807) is 12.1 Å². The van der Waals surface area contributed by atoms with Crippen molar-refractivity contribution in [1.29, 1.82) is 0 Å². The Morgan fingerprint density at radius 3 is 2.67 bits per heavy atom. The first-order valence-electron chi connectivity index (χ1n) is 10.1. The van der Waals surface area contributed by atoms with Crippen LogP contribution in [-0.2, 0) is 18.4 Å². The minimum atomic E-state index is -1.04. The Balaban J connectivity index is 1.81. The highest BCUT2D eigenvalue weighted by Crippen LogP contribution is 2.45. The first-order chi connectivity index (χ1) is 14.5. The third kappa shape index (κ3) is 2.73. The van der Waals surface area contributed by atoms with E-state index >= 15 is 0 Å². The van der Waals surface area contributed by atoms with Crippen molar-refractivity contribution in [2.24, 2.45) is 0 Å². The lowest BCUT2D eigenvalue weighted by Gasteiger charge is -2.48. The normalized spacial score (nSPS) is 21.2. The number of fused-ring (bicyclic) bond motifs is 3. The number of halogens is 1. The second-order valence-corrected chi connectivity index (χ2v) is 8.12. The third-order valence-electron chi connectivity index (χ3n) is 6.38. The van der Waals surface area contributed by atoms with Crippen LogP contribution in [0.3, 0.4) is 0 Å². The highest BCUT2D eigenvalue weighted by Gasteiger charge is 2.50. The number of carboxylic acid groups (broad SMARTS) is 1. The van der Waals surface area contributed by atoms with Gasteiger partial charge < -0.3 is 10.0 Å². The molecular weight excluding hydrogens is 383 g/mol. The van der Waals surface area contributed by atoms with Gasteiger partial charge >= 0.3 is 6.09 Å². The number of likely N-dealkylation sites (N-methyl/N-ethyl adjacent to an activating group) is 1. The molecule has 0 saturated carbocycles. The van der Waals surface area contributed by atoms with Gasteiger partial charge in [0.05, 0.1) is 0 Å². The number of hydrogen-bond acceptors (Lipinski definition) is 3. The standard InChI is InChI=1S/C23H23FN4O2/c1-27-12-13-28(22(29)30)23(14-27,16-7-9-17(24)10-8-16)21-20-18-5-3-2-4-15(18)6-11-19(20)25-26-21/h2-5,7-10H,6,11-14H2,1H3,(H,25,26)(H,29,30). The molecule has 5 rings (SSSR count). The van der Waals surface area contributed by atoms with E-state index in [-0.39, 0.29) is 5.82 Å². The van der Waals surface area contributed by atoms with E-state index in [0.29, 0.717) is 25.3 Å². The Morgan fingerprint density at radius 2 is 1.90 bits per heavy atom. The van der Waals surface area contributed by atoms with Crippen molar-refractivity contribution in [2.75, 3.05) is 26.7 Å². The smallest absolute Gasteiger partial charge is 0.408 e. The summed E-state index contributed by atoms with van der Waals surface area (Å²) in [5.74, 6) is -0.352. The summed E-state index contributed by atoms with van der Waals surface area (Å²) in [4.78, 5) is 16.0. The van der Waals surface area contributed by atoms with Crippen LogP contribution in [0.5, 0.6) is 0 Å². The van der Waals surface area contributed by atoms with Crippen LogP contribution in [-0.4, -0.2) is 57.9 Å². The molecular formula is C23H23FN4O2. The molecule has 1 aliphatic carbocycles. The predicted molar refractivity (Wildman–Crippen MR) is 111 cm³/mol. The molecule has 1 aromatic heterocycles. The number of carbonyl (C=O) groups is 1. The molecule has 2 aliphatic rings. The van der Waals surface area contributed by atoms with E-state index in [4.69, 9.17) is 5.10 Å². The first kappa shape index (κ1) is 18.8. The van der Waals surface area contributed by atoms with Crippen LogP contribution < -0.4 is 0 Å².